The zero-order valence-corrected chi connectivity index (χ0v) is 10.6. The highest BCUT2D eigenvalue weighted by Gasteiger charge is 2.19. The van der Waals surface area contributed by atoms with Gasteiger partial charge in [0.2, 0.25) is 0 Å². The van der Waals surface area contributed by atoms with E-state index in [4.69, 9.17) is 0 Å². The molecule has 0 bridgehead atoms. The van der Waals surface area contributed by atoms with Crippen molar-refractivity contribution in [3.8, 4) is 0 Å². The average molecular weight is 216 g/mol. The molecule has 14 heavy (non-hydrogen) atoms. The van der Waals surface area contributed by atoms with E-state index >= 15 is 0 Å². The highest BCUT2D eigenvalue weighted by molar-refractivity contribution is 7.98. The van der Waals surface area contributed by atoms with Gasteiger partial charge in [0.05, 0.1) is 0 Å². The van der Waals surface area contributed by atoms with Gasteiger partial charge >= 0.3 is 0 Å². The number of hydrogen-bond acceptors (Lipinski definition) is 3. The number of nitrogens with one attached hydrogen (secondary N) is 1. The third kappa shape index (κ3) is 5.23. The second-order valence-electron chi connectivity index (χ2n) is 4.37. The molecule has 0 heterocycles. The Kier molecular flexibility index (Phi) is 5.90. The molecule has 1 atom stereocenters. The first-order chi connectivity index (χ1) is 6.74. The molecular formula is C11H24N2S. The molecule has 0 amide bonds. The lowest BCUT2D eigenvalue weighted by atomic mass is 10.3. The van der Waals surface area contributed by atoms with Crippen LogP contribution in [0.2, 0.25) is 0 Å². The Morgan fingerprint density at radius 3 is 2.79 bits per heavy atom. The molecule has 2 nitrogen and oxygen atoms in total. The monoisotopic (exact) mass is 216 g/mol. The molecule has 1 aliphatic carbocycles. The van der Waals surface area contributed by atoms with Gasteiger partial charge in [0, 0.05) is 17.8 Å². The minimum Gasteiger partial charge on any atom is -0.314 e. The van der Waals surface area contributed by atoms with E-state index < -0.39 is 0 Å². The molecule has 0 spiro atoms. The van der Waals surface area contributed by atoms with Crippen molar-refractivity contribution in [2.24, 2.45) is 0 Å². The summed E-state index contributed by atoms with van der Waals surface area (Å²) in [6, 6.07) is 1.58. The topological polar surface area (TPSA) is 15.3 Å². The smallest absolute Gasteiger partial charge is 0.0154 e. The molecule has 1 fully saturated rings. The van der Waals surface area contributed by atoms with Gasteiger partial charge < -0.3 is 10.2 Å². The zero-order valence-electron chi connectivity index (χ0n) is 9.75. The summed E-state index contributed by atoms with van der Waals surface area (Å²) in [5.74, 6) is 1.24. The van der Waals surface area contributed by atoms with E-state index in [-0.39, 0.29) is 0 Å². The van der Waals surface area contributed by atoms with Crippen molar-refractivity contribution >= 4 is 11.8 Å². The van der Waals surface area contributed by atoms with Crippen LogP contribution in [-0.2, 0) is 0 Å². The first-order valence-electron chi connectivity index (χ1n) is 5.66. The van der Waals surface area contributed by atoms with E-state index in [9.17, 15) is 0 Å². The van der Waals surface area contributed by atoms with Gasteiger partial charge in [0.15, 0.2) is 0 Å². The van der Waals surface area contributed by atoms with E-state index in [1.54, 1.807) is 0 Å². The Morgan fingerprint density at radius 1 is 1.50 bits per heavy atom. The predicted octanol–water partition coefficient (Wildman–Crippen LogP) is 1.81. The van der Waals surface area contributed by atoms with Crippen molar-refractivity contribution < 1.29 is 0 Å². The summed E-state index contributed by atoms with van der Waals surface area (Å²) in [6.07, 6.45) is 6.27. The van der Waals surface area contributed by atoms with Gasteiger partial charge in [-0.3, -0.25) is 0 Å². The SMILES string of the molecule is CSCC(C)N(C)CCCNC1CC1. The van der Waals surface area contributed by atoms with Gasteiger partial charge in [-0.15, -0.1) is 0 Å². The Bertz CT molecular complexity index is 148. The maximum atomic E-state index is 3.55. The number of rotatable bonds is 8. The molecule has 0 saturated heterocycles. The van der Waals surface area contributed by atoms with E-state index in [0.29, 0.717) is 6.04 Å². The van der Waals surface area contributed by atoms with Gasteiger partial charge in [-0.1, -0.05) is 0 Å². The third-order valence-electron chi connectivity index (χ3n) is 2.86. The van der Waals surface area contributed by atoms with Crippen LogP contribution in [0.4, 0.5) is 0 Å². The van der Waals surface area contributed by atoms with Gasteiger partial charge in [0.1, 0.15) is 0 Å². The molecule has 3 heteroatoms. The number of hydrogen-bond donors (Lipinski definition) is 1. The quantitative estimate of drug-likeness (QED) is 0.623. The van der Waals surface area contributed by atoms with Crippen molar-refractivity contribution in [3.63, 3.8) is 0 Å². The second kappa shape index (κ2) is 6.70. The van der Waals surface area contributed by atoms with E-state index in [2.05, 4.69) is 30.4 Å². The van der Waals surface area contributed by atoms with Gasteiger partial charge in [-0.2, -0.15) is 11.8 Å². The summed E-state index contributed by atoms with van der Waals surface area (Å²) in [6.45, 7) is 4.73. The first-order valence-corrected chi connectivity index (χ1v) is 7.06. The minimum absolute atomic E-state index is 0.714. The van der Waals surface area contributed by atoms with Crippen molar-refractivity contribution in [2.45, 2.75) is 38.3 Å². The summed E-state index contributed by atoms with van der Waals surface area (Å²) in [5.41, 5.74) is 0. The maximum Gasteiger partial charge on any atom is 0.0154 e. The Morgan fingerprint density at radius 2 is 2.21 bits per heavy atom. The van der Waals surface area contributed by atoms with Crippen molar-refractivity contribution in [1.29, 1.82) is 0 Å². The Balaban J connectivity index is 1.92. The standard InChI is InChI=1S/C11H24N2S/c1-10(9-14-3)13(2)8-4-7-12-11-5-6-11/h10-12H,4-9H2,1-3H3. The summed E-state index contributed by atoms with van der Waals surface area (Å²) >= 11 is 1.93. The van der Waals surface area contributed by atoms with E-state index in [0.717, 1.165) is 6.04 Å². The fourth-order valence-electron chi connectivity index (χ4n) is 1.51. The summed E-state index contributed by atoms with van der Waals surface area (Å²) in [5, 5.41) is 3.55. The van der Waals surface area contributed by atoms with Crippen LogP contribution in [0.1, 0.15) is 26.2 Å². The summed E-state index contributed by atoms with van der Waals surface area (Å²) in [4.78, 5) is 2.46. The molecule has 84 valence electrons. The lowest BCUT2D eigenvalue weighted by molar-refractivity contribution is 0.273. The second-order valence-corrected chi connectivity index (χ2v) is 5.28. The van der Waals surface area contributed by atoms with Crippen LogP contribution in [-0.4, -0.2) is 49.1 Å². The zero-order chi connectivity index (χ0) is 10.4. The molecule has 1 rings (SSSR count). The Labute approximate surface area is 92.8 Å². The average Bonchev–Trinajstić information content (AvgIpc) is 2.96. The van der Waals surface area contributed by atoms with Crippen LogP contribution in [0, 0.1) is 0 Å². The van der Waals surface area contributed by atoms with Gasteiger partial charge in [-0.25, -0.2) is 0 Å². The first kappa shape index (κ1) is 12.3. The normalized spacial score (nSPS) is 18.9. The molecule has 0 aliphatic heterocycles. The molecule has 1 unspecified atom stereocenters. The third-order valence-corrected chi connectivity index (χ3v) is 3.67. The Hall–Kier alpha value is 0.270. The lowest BCUT2D eigenvalue weighted by Crippen LogP contribution is -2.33. The van der Waals surface area contributed by atoms with E-state index in [1.165, 1.54) is 38.1 Å². The van der Waals surface area contributed by atoms with Crippen LogP contribution in [0.5, 0.6) is 0 Å². The molecule has 1 aliphatic rings. The summed E-state index contributed by atoms with van der Waals surface area (Å²) < 4.78 is 0. The fourth-order valence-corrected chi connectivity index (χ4v) is 2.25. The van der Waals surface area contributed by atoms with Crippen LogP contribution >= 0.6 is 11.8 Å². The van der Waals surface area contributed by atoms with Crippen LogP contribution in [0.25, 0.3) is 0 Å². The maximum absolute atomic E-state index is 3.55. The van der Waals surface area contributed by atoms with Crippen molar-refractivity contribution in [1.82, 2.24) is 10.2 Å². The minimum atomic E-state index is 0.714. The van der Waals surface area contributed by atoms with Gasteiger partial charge in [-0.05, 0) is 52.6 Å². The molecule has 1 saturated carbocycles. The van der Waals surface area contributed by atoms with Crippen LogP contribution < -0.4 is 5.32 Å². The van der Waals surface area contributed by atoms with Crippen LogP contribution in [0.3, 0.4) is 0 Å². The highest BCUT2D eigenvalue weighted by Crippen LogP contribution is 2.18. The summed E-state index contributed by atoms with van der Waals surface area (Å²) in [7, 11) is 2.23. The predicted molar refractivity (Wildman–Crippen MR) is 66.1 cm³/mol. The van der Waals surface area contributed by atoms with Gasteiger partial charge in [0.25, 0.3) is 0 Å². The lowest BCUT2D eigenvalue weighted by Gasteiger charge is -2.23. The molecule has 1 N–H and O–H groups in total. The molecule has 0 radical (unpaired) electrons. The molecule has 0 aromatic rings. The molecule has 0 aromatic heterocycles. The number of nitrogens with zero attached hydrogens (tertiary/aromatic N) is 1. The largest absolute Gasteiger partial charge is 0.314 e. The fraction of sp³-hybridized carbons (Fsp3) is 1.00. The van der Waals surface area contributed by atoms with E-state index in [1.807, 2.05) is 11.8 Å². The van der Waals surface area contributed by atoms with Crippen molar-refractivity contribution in [3.05, 3.63) is 0 Å². The highest BCUT2D eigenvalue weighted by atomic mass is 32.2. The van der Waals surface area contributed by atoms with Crippen molar-refractivity contribution in [2.75, 3.05) is 32.1 Å². The molecule has 0 aromatic carbocycles. The molecular weight excluding hydrogens is 192 g/mol. The van der Waals surface area contributed by atoms with Crippen LogP contribution in [0.15, 0.2) is 0 Å². The number of thioether (sulfide) groups is 1.